The van der Waals surface area contributed by atoms with Gasteiger partial charge in [0.15, 0.2) is 17.4 Å². The number of benzene rings is 1. The number of ether oxygens (including phenoxy) is 1. The van der Waals surface area contributed by atoms with Gasteiger partial charge in [-0.15, -0.1) is 17.9 Å². The minimum atomic E-state index is -0.629. The van der Waals surface area contributed by atoms with Crippen molar-refractivity contribution in [1.29, 1.82) is 0 Å². The second kappa shape index (κ2) is 8.83. The monoisotopic (exact) mass is 345 g/mol. The van der Waals surface area contributed by atoms with E-state index in [0.717, 1.165) is 12.0 Å². The van der Waals surface area contributed by atoms with Crippen molar-refractivity contribution >= 4 is 34.0 Å². The predicted molar refractivity (Wildman–Crippen MR) is 95.5 cm³/mol. The van der Waals surface area contributed by atoms with Crippen LogP contribution in [0.1, 0.15) is 23.0 Å². The zero-order chi connectivity index (χ0) is 17.4. The Labute approximate surface area is 144 Å². The van der Waals surface area contributed by atoms with Gasteiger partial charge in [0.1, 0.15) is 0 Å². The first kappa shape index (κ1) is 17.7. The highest BCUT2D eigenvalue weighted by Gasteiger charge is 2.14. The molecule has 126 valence electrons. The molecule has 2 N–H and O–H groups in total. The number of amides is 1. The fourth-order valence-electron chi connectivity index (χ4n) is 1.88. The molecule has 0 spiro atoms. The summed E-state index contributed by atoms with van der Waals surface area (Å²) in [6, 6.07) is 7.53. The average Bonchev–Trinajstić information content (AvgIpc) is 3.07. The van der Waals surface area contributed by atoms with Gasteiger partial charge in [-0.1, -0.05) is 25.1 Å². The summed E-state index contributed by atoms with van der Waals surface area (Å²) in [5, 5.41) is 7.86. The quantitative estimate of drug-likeness (QED) is 0.568. The largest absolute Gasteiger partial charge is 0.451 e. The molecule has 7 heteroatoms. The van der Waals surface area contributed by atoms with Crippen LogP contribution in [0.2, 0.25) is 0 Å². The zero-order valence-electron chi connectivity index (χ0n) is 13.4. The van der Waals surface area contributed by atoms with E-state index in [1.54, 1.807) is 17.5 Å². The number of esters is 1. The van der Waals surface area contributed by atoms with Gasteiger partial charge in [0.05, 0.1) is 0 Å². The van der Waals surface area contributed by atoms with Crippen LogP contribution in [0.25, 0.3) is 0 Å². The molecule has 0 aliphatic rings. The summed E-state index contributed by atoms with van der Waals surface area (Å²) in [4.78, 5) is 27.8. The molecular formula is C17H19N3O3S. The van der Waals surface area contributed by atoms with E-state index in [-0.39, 0.29) is 12.3 Å². The molecule has 1 aromatic carbocycles. The van der Waals surface area contributed by atoms with Gasteiger partial charge in [-0.2, -0.15) is 0 Å². The summed E-state index contributed by atoms with van der Waals surface area (Å²) < 4.78 is 4.98. The molecule has 1 amide bonds. The van der Waals surface area contributed by atoms with Gasteiger partial charge >= 0.3 is 5.97 Å². The Balaban J connectivity index is 1.83. The minimum Gasteiger partial charge on any atom is -0.451 e. The average molecular weight is 345 g/mol. The Hall–Kier alpha value is -2.67. The molecule has 2 rings (SSSR count). The third-order valence-electron chi connectivity index (χ3n) is 3.06. The highest BCUT2D eigenvalue weighted by atomic mass is 32.1. The Bertz CT molecular complexity index is 727. The minimum absolute atomic E-state index is 0.173. The van der Waals surface area contributed by atoms with Crippen LogP contribution in [0.4, 0.5) is 10.8 Å². The predicted octanol–water partition coefficient (Wildman–Crippen LogP) is 3.10. The van der Waals surface area contributed by atoms with Crippen LogP contribution in [0, 0.1) is 0 Å². The third-order valence-corrected chi connectivity index (χ3v) is 3.86. The number of aromatic nitrogens is 1. The highest BCUT2D eigenvalue weighted by Crippen LogP contribution is 2.16. The number of thiazole rings is 1. The topological polar surface area (TPSA) is 80.3 Å². The molecule has 1 heterocycles. The fraction of sp³-hybridized carbons (Fsp3) is 0.235. The summed E-state index contributed by atoms with van der Waals surface area (Å²) in [6.45, 7) is 5.82. The highest BCUT2D eigenvalue weighted by molar-refractivity contribution is 7.13. The maximum absolute atomic E-state index is 11.9. The van der Waals surface area contributed by atoms with E-state index in [0.29, 0.717) is 17.4 Å². The van der Waals surface area contributed by atoms with E-state index in [1.807, 2.05) is 25.1 Å². The molecular weight excluding hydrogens is 326 g/mol. The van der Waals surface area contributed by atoms with Crippen molar-refractivity contribution in [2.75, 3.05) is 23.8 Å². The molecule has 1 aromatic heterocycles. The molecule has 0 aliphatic carbocycles. The smallest absolute Gasteiger partial charge is 0.358 e. The molecule has 0 unspecified atom stereocenters. The van der Waals surface area contributed by atoms with Crippen LogP contribution in [-0.2, 0) is 16.0 Å². The fourth-order valence-corrected chi connectivity index (χ4v) is 2.57. The summed E-state index contributed by atoms with van der Waals surface area (Å²) in [5.41, 5.74) is 1.97. The number of hydrogen-bond donors (Lipinski definition) is 2. The van der Waals surface area contributed by atoms with Gasteiger partial charge in [0, 0.05) is 17.6 Å². The van der Waals surface area contributed by atoms with Gasteiger partial charge in [-0.05, 0) is 24.1 Å². The van der Waals surface area contributed by atoms with Crippen molar-refractivity contribution in [1.82, 2.24) is 4.98 Å². The van der Waals surface area contributed by atoms with E-state index in [1.165, 1.54) is 11.3 Å². The van der Waals surface area contributed by atoms with Gasteiger partial charge in [-0.3, -0.25) is 4.79 Å². The van der Waals surface area contributed by atoms with Crippen molar-refractivity contribution in [2.45, 2.75) is 13.3 Å². The second-order valence-corrected chi connectivity index (χ2v) is 5.74. The first-order chi connectivity index (χ1) is 11.6. The molecule has 0 bridgehead atoms. The van der Waals surface area contributed by atoms with Gasteiger partial charge in [0.2, 0.25) is 0 Å². The Morgan fingerprint density at radius 2 is 2.25 bits per heavy atom. The standard InChI is InChI=1S/C17H19N3O3S/c1-3-8-18-17-20-14(11-24-17)16(22)23-10-15(21)19-13-7-5-6-12(4-2)9-13/h3,5-7,9,11H,1,4,8,10H2,2H3,(H,18,20)(H,19,21). The molecule has 6 nitrogen and oxygen atoms in total. The number of carbonyl (C=O) groups excluding carboxylic acids is 2. The zero-order valence-corrected chi connectivity index (χ0v) is 14.2. The number of hydrogen-bond acceptors (Lipinski definition) is 6. The van der Waals surface area contributed by atoms with Crippen molar-refractivity contribution in [2.24, 2.45) is 0 Å². The molecule has 24 heavy (non-hydrogen) atoms. The van der Waals surface area contributed by atoms with E-state index in [4.69, 9.17) is 4.74 Å². The SMILES string of the molecule is C=CCNc1nc(C(=O)OCC(=O)Nc2cccc(CC)c2)cs1. The summed E-state index contributed by atoms with van der Waals surface area (Å²) in [5.74, 6) is -1.02. The van der Waals surface area contributed by atoms with E-state index >= 15 is 0 Å². The van der Waals surface area contributed by atoms with Crippen molar-refractivity contribution in [3.63, 3.8) is 0 Å². The van der Waals surface area contributed by atoms with Crippen LogP contribution in [0.15, 0.2) is 42.3 Å². The first-order valence-corrected chi connectivity index (χ1v) is 8.36. The van der Waals surface area contributed by atoms with Crippen LogP contribution in [0.5, 0.6) is 0 Å². The van der Waals surface area contributed by atoms with E-state index < -0.39 is 11.9 Å². The van der Waals surface area contributed by atoms with E-state index in [2.05, 4.69) is 22.2 Å². The Morgan fingerprint density at radius 1 is 1.42 bits per heavy atom. The van der Waals surface area contributed by atoms with Crippen LogP contribution < -0.4 is 10.6 Å². The number of carbonyl (C=O) groups is 2. The lowest BCUT2D eigenvalue weighted by atomic mass is 10.1. The maximum atomic E-state index is 11.9. The molecule has 0 saturated heterocycles. The Kier molecular flexibility index (Phi) is 6.51. The maximum Gasteiger partial charge on any atom is 0.358 e. The first-order valence-electron chi connectivity index (χ1n) is 7.48. The number of nitrogens with zero attached hydrogens (tertiary/aromatic N) is 1. The second-order valence-electron chi connectivity index (χ2n) is 4.89. The number of rotatable bonds is 8. The van der Waals surface area contributed by atoms with E-state index in [9.17, 15) is 9.59 Å². The molecule has 2 aromatic rings. The molecule has 0 radical (unpaired) electrons. The van der Waals surface area contributed by atoms with Crippen LogP contribution in [0.3, 0.4) is 0 Å². The lowest BCUT2D eigenvalue weighted by molar-refractivity contribution is -0.119. The van der Waals surface area contributed by atoms with Crippen molar-refractivity contribution < 1.29 is 14.3 Å². The Morgan fingerprint density at radius 3 is 3.00 bits per heavy atom. The molecule has 0 saturated carbocycles. The lowest BCUT2D eigenvalue weighted by Crippen LogP contribution is -2.21. The molecule has 0 atom stereocenters. The normalized spacial score (nSPS) is 10.0. The van der Waals surface area contributed by atoms with Crippen LogP contribution >= 0.6 is 11.3 Å². The third kappa shape index (κ3) is 5.20. The molecule has 0 fully saturated rings. The van der Waals surface area contributed by atoms with Gasteiger partial charge in [0.25, 0.3) is 5.91 Å². The number of aryl methyl sites for hydroxylation is 1. The summed E-state index contributed by atoms with van der Waals surface area (Å²) in [6.07, 6.45) is 2.57. The molecule has 0 aliphatic heterocycles. The van der Waals surface area contributed by atoms with Gasteiger partial charge < -0.3 is 15.4 Å². The van der Waals surface area contributed by atoms with Gasteiger partial charge in [-0.25, -0.2) is 9.78 Å². The van der Waals surface area contributed by atoms with Crippen molar-refractivity contribution in [3.8, 4) is 0 Å². The summed E-state index contributed by atoms with van der Waals surface area (Å²) >= 11 is 1.29. The summed E-state index contributed by atoms with van der Waals surface area (Å²) in [7, 11) is 0. The lowest BCUT2D eigenvalue weighted by Gasteiger charge is -2.07. The number of anilines is 2. The number of nitrogens with one attached hydrogen (secondary N) is 2. The van der Waals surface area contributed by atoms with Crippen molar-refractivity contribution in [3.05, 3.63) is 53.6 Å². The van der Waals surface area contributed by atoms with Crippen LogP contribution in [-0.4, -0.2) is 30.0 Å².